The summed E-state index contributed by atoms with van der Waals surface area (Å²) in [6.07, 6.45) is 2.81. The average molecular weight is 268 g/mol. The quantitative estimate of drug-likeness (QED) is 0.929. The van der Waals surface area contributed by atoms with Crippen LogP contribution in [0.25, 0.3) is 0 Å². The molecule has 0 saturated carbocycles. The average Bonchev–Trinajstić information content (AvgIpc) is 2.86. The molecule has 1 atom stereocenters. The molecule has 0 fully saturated rings. The lowest BCUT2D eigenvalue weighted by molar-refractivity contribution is 0.406. The number of methoxy groups -OCH3 is 1. The first kappa shape index (κ1) is 13.1. The van der Waals surface area contributed by atoms with E-state index < -0.39 is 0 Å². The Balaban J connectivity index is 1.90. The first-order valence-electron chi connectivity index (χ1n) is 7.01. The van der Waals surface area contributed by atoms with Crippen LogP contribution in [0.3, 0.4) is 0 Å². The van der Waals surface area contributed by atoms with E-state index in [2.05, 4.69) is 41.5 Å². The third kappa shape index (κ3) is 2.18. The Morgan fingerprint density at radius 1 is 1.30 bits per heavy atom. The van der Waals surface area contributed by atoms with Gasteiger partial charge in [-0.3, -0.25) is 4.98 Å². The van der Waals surface area contributed by atoms with Crippen molar-refractivity contribution in [3.63, 3.8) is 0 Å². The molecule has 2 heterocycles. The topological polar surface area (TPSA) is 34.1 Å². The normalized spacial score (nSPS) is 17.1. The Bertz CT molecular complexity index is 637. The highest BCUT2D eigenvalue weighted by molar-refractivity contribution is 5.42. The summed E-state index contributed by atoms with van der Waals surface area (Å²) in [6, 6.07) is 8.96. The summed E-state index contributed by atoms with van der Waals surface area (Å²) < 4.78 is 5.49. The van der Waals surface area contributed by atoms with E-state index in [9.17, 15) is 0 Å². The number of fused-ring (bicyclic) bond motifs is 1. The van der Waals surface area contributed by atoms with Gasteiger partial charge in [0.2, 0.25) is 0 Å². The van der Waals surface area contributed by atoms with Gasteiger partial charge in [0, 0.05) is 42.0 Å². The molecule has 2 aromatic rings. The summed E-state index contributed by atoms with van der Waals surface area (Å²) >= 11 is 0. The minimum Gasteiger partial charge on any atom is -0.496 e. The van der Waals surface area contributed by atoms with E-state index >= 15 is 0 Å². The predicted octanol–water partition coefficient (Wildman–Crippen LogP) is 3.09. The number of pyridine rings is 1. The Morgan fingerprint density at radius 3 is 2.90 bits per heavy atom. The van der Waals surface area contributed by atoms with Gasteiger partial charge in [0.25, 0.3) is 0 Å². The Morgan fingerprint density at radius 2 is 2.10 bits per heavy atom. The number of nitrogens with zero attached hydrogens (tertiary/aromatic N) is 1. The van der Waals surface area contributed by atoms with Crippen LogP contribution in [0.5, 0.6) is 5.75 Å². The molecule has 104 valence electrons. The number of ether oxygens (including phenoxy) is 1. The van der Waals surface area contributed by atoms with Gasteiger partial charge in [0.1, 0.15) is 5.75 Å². The van der Waals surface area contributed by atoms with Crippen LogP contribution in [0, 0.1) is 13.8 Å². The smallest absolute Gasteiger partial charge is 0.128 e. The Kier molecular flexibility index (Phi) is 3.45. The fourth-order valence-electron chi connectivity index (χ4n) is 3.03. The summed E-state index contributed by atoms with van der Waals surface area (Å²) in [5, 5.41) is 3.57. The summed E-state index contributed by atoms with van der Waals surface area (Å²) in [6.45, 7) is 5.07. The number of nitrogens with one attached hydrogen (secondary N) is 1. The monoisotopic (exact) mass is 268 g/mol. The zero-order valence-electron chi connectivity index (χ0n) is 12.2. The van der Waals surface area contributed by atoms with Crippen molar-refractivity contribution < 1.29 is 4.74 Å². The largest absolute Gasteiger partial charge is 0.496 e. The predicted molar refractivity (Wildman–Crippen MR) is 80.0 cm³/mol. The number of aryl methyl sites for hydroxylation is 1. The molecule has 3 heteroatoms. The van der Waals surface area contributed by atoms with Crippen molar-refractivity contribution in [2.45, 2.75) is 32.9 Å². The number of hydrogen-bond acceptors (Lipinski definition) is 3. The molecule has 1 N–H and O–H groups in total. The van der Waals surface area contributed by atoms with Crippen LogP contribution >= 0.6 is 0 Å². The minimum atomic E-state index is 0.352. The maximum absolute atomic E-state index is 5.49. The van der Waals surface area contributed by atoms with Crippen molar-refractivity contribution in [3.05, 3.63) is 58.4 Å². The van der Waals surface area contributed by atoms with E-state index in [1.54, 1.807) is 7.11 Å². The molecule has 1 aromatic heterocycles. The lowest BCUT2D eigenvalue weighted by Gasteiger charge is -2.16. The van der Waals surface area contributed by atoms with E-state index in [1.165, 1.54) is 11.1 Å². The highest BCUT2D eigenvalue weighted by Gasteiger charge is 2.23. The number of aromatic nitrogens is 1. The molecule has 0 radical (unpaired) electrons. The summed E-state index contributed by atoms with van der Waals surface area (Å²) in [4.78, 5) is 4.60. The molecule has 1 aromatic carbocycles. The minimum absolute atomic E-state index is 0.352. The molecule has 0 aliphatic carbocycles. The first-order chi connectivity index (χ1) is 9.70. The van der Waals surface area contributed by atoms with Crippen LogP contribution in [0.2, 0.25) is 0 Å². The molecule has 0 spiro atoms. The molecular weight excluding hydrogens is 248 g/mol. The lowest BCUT2D eigenvalue weighted by Crippen LogP contribution is -2.16. The maximum atomic E-state index is 5.49. The first-order valence-corrected chi connectivity index (χ1v) is 7.01. The van der Waals surface area contributed by atoms with E-state index in [0.717, 1.165) is 35.5 Å². The molecule has 3 rings (SSSR count). The summed E-state index contributed by atoms with van der Waals surface area (Å²) in [7, 11) is 1.72. The second kappa shape index (κ2) is 5.25. The van der Waals surface area contributed by atoms with E-state index in [-0.39, 0.29) is 0 Å². The molecule has 1 aliphatic rings. The molecule has 0 bridgehead atoms. The third-order valence-electron chi connectivity index (χ3n) is 4.12. The van der Waals surface area contributed by atoms with Crippen LogP contribution in [-0.2, 0) is 13.0 Å². The zero-order valence-corrected chi connectivity index (χ0v) is 12.2. The van der Waals surface area contributed by atoms with Crippen molar-refractivity contribution in [2.24, 2.45) is 0 Å². The second-order valence-electron chi connectivity index (χ2n) is 5.38. The van der Waals surface area contributed by atoms with Gasteiger partial charge in [0.05, 0.1) is 7.11 Å². The van der Waals surface area contributed by atoms with Crippen molar-refractivity contribution in [1.82, 2.24) is 10.3 Å². The third-order valence-corrected chi connectivity index (χ3v) is 4.12. The van der Waals surface area contributed by atoms with Gasteiger partial charge in [-0.15, -0.1) is 0 Å². The Hall–Kier alpha value is -1.87. The van der Waals surface area contributed by atoms with Gasteiger partial charge in [-0.05, 0) is 25.0 Å². The summed E-state index contributed by atoms with van der Waals surface area (Å²) in [5.74, 6) is 0.960. The van der Waals surface area contributed by atoms with Gasteiger partial charge >= 0.3 is 0 Å². The highest BCUT2D eigenvalue weighted by Crippen LogP contribution is 2.31. The molecule has 3 nitrogen and oxygen atoms in total. The van der Waals surface area contributed by atoms with Crippen molar-refractivity contribution in [1.29, 1.82) is 0 Å². The van der Waals surface area contributed by atoms with Crippen LogP contribution in [0.1, 0.15) is 34.0 Å². The fraction of sp³-hybridized carbons (Fsp3) is 0.353. The van der Waals surface area contributed by atoms with Crippen molar-refractivity contribution >= 4 is 0 Å². The van der Waals surface area contributed by atoms with Gasteiger partial charge < -0.3 is 10.1 Å². The van der Waals surface area contributed by atoms with Gasteiger partial charge in [-0.2, -0.15) is 0 Å². The maximum Gasteiger partial charge on any atom is 0.128 e. The zero-order chi connectivity index (χ0) is 14.1. The van der Waals surface area contributed by atoms with Crippen LogP contribution < -0.4 is 10.1 Å². The van der Waals surface area contributed by atoms with Crippen LogP contribution in [0.4, 0.5) is 0 Å². The standard InChI is InChI=1S/C17H20N2O/c1-11-9-18-15(12(2)17(11)20-3)8-16-14-7-5-4-6-13(14)10-19-16/h4-7,9,16,19H,8,10H2,1-3H3. The lowest BCUT2D eigenvalue weighted by atomic mass is 9.98. The van der Waals surface area contributed by atoms with Gasteiger partial charge in [-0.1, -0.05) is 24.3 Å². The molecule has 1 aliphatic heterocycles. The van der Waals surface area contributed by atoms with Crippen molar-refractivity contribution in [3.8, 4) is 5.75 Å². The fourth-order valence-corrected chi connectivity index (χ4v) is 3.03. The van der Waals surface area contributed by atoms with Crippen LogP contribution in [0.15, 0.2) is 30.5 Å². The number of rotatable bonds is 3. The Labute approximate surface area is 120 Å². The van der Waals surface area contributed by atoms with E-state index in [0.29, 0.717) is 6.04 Å². The summed E-state index contributed by atoms with van der Waals surface area (Å²) in [5.41, 5.74) is 6.15. The number of benzene rings is 1. The highest BCUT2D eigenvalue weighted by atomic mass is 16.5. The molecule has 0 amide bonds. The number of hydrogen-bond donors (Lipinski definition) is 1. The van der Waals surface area contributed by atoms with Crippen molar-refractivity contribution in [2.75, 3.05) is 7.11 Å². The molecule has 0 saturated heterocycles. The van der Waals surface area contributed by atoms with E-state index in [1.807, 2.05) is 13.1 Å². The molecule has 1 unspecified atom stereocenters. The van der Waals surface area contributed by atoms with Crippen LogP contribution in [-0.4, -0.2) is 12.1 Å². The van der Waals surface area contributed by atoms with Gasteiger partial charge in [-0.25, -0.2) is 0 Å². The van der Waals surface area contributed by atoms with E-state index in [4.69, 9.17) is 4.74 Å². The SMILES string of the molecule is COc1c(C)cnc(CC2NCc3ccccc32)c1C. The molecular formula is C17H20N2O. The second-order valence-corrected chi connectivity index (χ2v) is 5.38. The van der Waals surface area contributed by atoms with Gasteiger partial charge in [0.15, 0.2) is 0 Å². The molecule has 20 heavy (non-hydrogen) atoms.